The molecule has 0 amide bonds. The van der Waals surface area contributed by atoms with Gasteiger partial charge in [0.1, 0.15) is 0 Å². The fourth-order valence-electron chi connectivity index (χ4n) is 1.91. The van der Waals surface area contributed by atoms with Crippen molar-refractivity contribution in [3.63, 3.8) is 0 Å². The Morgan fingerprint density at radius 2 is 2.05 bits per heavy atom. The van der Waals surface area contributed by atoms with E-state index in [-0.39, 0.29) is 36.9 Å². The van der Waals surface area contributed by atoms with Crippen molar-refractivity contribution in [3.05, 3.63) is 34.4 Å². The smallest absolute Gasteiger partial charge is 0.269 e. The molecule has 0 aliphatic carbocycles. The number of rotatable bonds is 4. The highest BCUT2D eigenvalue weighted by Crippen LogP contribution is 2.21. The first-order valence-corrected chi connectivity index (χ1v) is 7.36. The molecule has 1 aromatic carbocycles. The minimum absolute atomic E-state index is 0.0123. The minimum Gasteiger partial charge on any atom is -0.394 e. The number of nitrogens with zero attached hydrogens (tertiary/aromatic N) is 2. The van der Waals surface area contributed by atoms with Crippen LogP contribution in [0.1, 0.15) is 0 Å². The molecule has 8 nitrogen and oxygen atoms in total. The summed E-state index contributed by atoms with van der Waals surface area (Å²) in [7, 11) is -3.73. The van der Waals surface area contributed by atoms with Crippen molar-refractivity contribution in [1.29, 1.82) is 0 Å². The number of aliphatic hydroxyl groups is 1. The van der Waals surface area contributed by atoms with Gasteiger partial charge in [-0.3, -0.25) is 10.1 Å². The molecular formula is C11H14N2O6S. The number of hydrogen-bond acceptors (Lipinski definition) is 6. The fourth-order valence-corrected chi connectivity index (χ4v) is 3.37. The highest BCUT2D eigenvalue weighted by atomic mass is 32.2. The topological polar surface area (TPSA) is 110 Å². The normalized spacial score (nSPS) is 20.8. The van der Waals surface area contributed by atoms with E-state index in [1.54, 1.807) is 0 Å². The van der Waals surface area contributed by atoms with Gasteiger partial charge in [-0.15, -0.1) is 0 Å². The van der Waals surface area contributed by atoms with Crippen LogP contribution in [-0.4, -0.2) is 55.2 Å². The standard InChI is InChI=1S/C11H14N2O6S/c14-8-10-7-12(5-6-19-10)20(17,18)11-3-1-9(2-4-11)13(15)16/h1-4,10,14H,5-8H2. The lowest BCUT2D eigenvalue weighted by Gasteiger charge is -2.31. The second-order valence-corrected chi connectivity index (χ2v) is 6.23. The van der Waals surface area contributed by atoms with Crippen LogP contribution in [0.25, 0.3) is 0 Å². The third kappa shape index (κ3) is 2.96. The van der Waals surface area contributed by atoms with Crippen LogP contribution in [0.3, 0.4) is 0 Å². The number of morpholine rings is 1. The van der Waals surface area contributed by atoms with Gasteiger partial charge in [0, 0.05) is 25.2 Å². The molecular weight excluding hydrogens is 288 g/mol. The summed E-state index contributed by atoms with van der Waals surface area (Å²) >= 11 is 0. The van der Waals surface area contributed by atoms with Gasteiger partial charge < -0.3 is 9.84 Å². The first kappa shape index (κ1) is 14.9. The summed E-state index contributed by atoms with van der Waals surface area (Å²) in [5.74, 6) is 0. The highest BCUT2D eigenvalue weighted by molar-refractivity contribution is 7.89. The van der Waals surface area contributed by atoms with Crippen LogP contribution in [0.2, 0.25) is 0 Å². The van der Waals surface area contributed by atoms with Gasteiger partial charge in [0.2, 0.25) is 10.0 Å². The number of benzene rings is 1. The lowest BCUT2D eigenvalue weighted by Crippen LogP contribution is -2.46. The molecule has 0 radical (unpaired) electrons. The lowest BCUT2D eigenvalue weighted by atomic mass is 10.3. The van der Waals surface area contributed by atoms with Crippen LogP contribution in [0, 0.1) is 10.1 Å². The maximum Gasteiger partial charge on any atom is 0.269 e. The summed E-state index contributed by atoms with van der Waals surface area (Å²) in [6.45, 7) is 0.204. The molecule has 0 saturated carbocycles. The van der Waals surface area contributed by atoms with Crippen molar-refractivity contribution in [2.75, 3.05) is 26.3 Å². The lowest BCUT2D eigenvalue weighted by molar-refractivity contribution is -0.384. The zero-order valence-corrected chi connectivity index (χ0v) is 11.3. The Hall–Kier alpha value is -1.55. The molecule has 1 atom stereocenters. The minimum atomic E-state index is -3.73. The second-order valence-electron chi connectivity index (χ2n) is 4.29. The van der Waals surface area contributed by atoms with E-state index in [2.05, 4.69) is 0 Å². The first-order chi connectivity index (χ1) is 9.45. The molecule has 0 aromatic heterocycles. The summed E-state index contributed by atoms with van der Waals surface area (Å²) in [5, 5.41) is 19.6. The van der Waals surface area contributed by atoms with Crippen molar-refractivity contribution in [2.45, 2.75) is 11.0 Å². The van der Waals surface area contributed by atoms with Gasteiger partial charge in [-0.2, -0.15) is 4.31 Å². The molecule has 1 aliphatic rings. The highest BCUT2D eigenvalue weighted by Gasteiger charge is 2.30. The Morgan fingerprint density at radius 3 is 2.60 bits per heavy atom. The van der Waals surface area contributed by atoms with Crippen LogP contribution in [0.4, 0.5) is 5.69 Å². The van der Waals surface area contributed by atoms with E-state index in [4.69, 9.17) is 9.84 Å². The molecule has 2 rings (SSSR count). The molecule has 1 fully saturated rings. The number of hydrogen-bond donors (Lipinski definition) is 1. The average Bonchev–Trinajstić information content (AvgIpc) is 2.47. The molecule has 1 aromatic rings. The number of nitro benzene ring substituents is 1. The van der Waals surface area contributed by atoms with E-state index < -0.39 is 21.1 Å². The number of sulfonamides is 1. The van der Waals surface area contributed by atoms with Crippen LogP contribution in [-0.2, 0) is 14.8 Å². The van der Waals surface area contributed by atoms with Gasteiger partial charge in [0.05, 0.1) is 29.1 Å². The van der Waals surface area contributed by atoms with Crippen LogP contribution < -0.4 is 0 Å². The van der Waals surface area contributed by atoms with Crippen LogP contribution >= 0.6 is 0 Å². The Labute approximate surface area is 115 Å². The van der Waals surface area contributed by atoms with Gasteiger partial charge in [-0.1, -0.05) is 0 Å². The van der Waals surface area contributed by atoms with E-state index in [0.29, 0.717) is 0 Å². The van der Waals surface area contributed by atoms with E-state index in [1.165, 1.54) is 16.4 Å². The number of nitro groups is 1. The van der Waals surface area contributed by atoms with E-state index >= 15 is 0 Å². The summed E-state index contributed by atoms with van der Waals surface area (Å²) in [5.41, 5.74) is -0.167. The second kappa shape index (κ2) is 5.83. The summed E-state index contributed by atoms with van der Waals surface area (Å²) < 4.78 is 31.1. The van der Waals surface area contributed by atoms with Gasteiger partial charge in [0.15, 0.2) is 0 Å². The molecule has 110 valence electrons. The molecule has 1 aliphatic heterocycles. The number of non-ortho nitro benzene ring substituents is 1. The predicted octanol–water partition coefficient (Wildman–Crippen LogP) is -0.0234. The van der Waals surface area contributed by atoms with Gasteiger partial charge in [-0.25, -0.2) is 8.42 Å². The third-order valence-electron chi connectivity index (χ3n) is 2.99. The molecule has 1 N–H and O–H groups in total. The Balaban J connectivity index is 2.23. The quantitative estimate of drug-likeness (QED) is 0.618. The van der Waals surface area contributed by atoms with E-state index in [1.807, 2.05) is 0 Å². The third-order valence-corrected chi connectivity index (χ3v) is 4.87. The van der Waals surface area contributed by atoms with Gasteiger partial charge in [-0.05, 0) is 12.1 Å². The predicted molar refractivity (Wildman–Crippen MR) is 68.7 cm³/mol. The van der Waals surface area contributed by atoms with E-state index in [9.17, 15) is 18.5 Å². The maximum atomic E-state index is 12.3. The maximum absolute atomic E-state index is 12.3. The molecule has 20 heavy (non-hydrogen) atoms. The average molecular weight is 302 g/mol. The molecule has 1 unspecified atom stereocenters. The van der Waals surface area contributed by atoms with Crippen molar-refractivity contribution in [2.24, 2.45) is 0 Å². The van der Waals surface area contributed by atoms with Crippen molar-refractivity contribution in [3.8, 4) is 0 Å². The first-order valence-electron chi connectivity index (χ1n) is 5.92. The van der Waals surface area contributed by atoms with Crippen molar-refractivity contribution >= 4 is 15.7 Å². The molecule has 1 saturated heterocycles. The summed E-state index contributed by atoms with van der Waals surface area (Å²) in [6.07, 6.45) is -0.545. The zero-order valence-electron chi connectivity index (χ0n) is 10.5. The fraction of sp³-hybridized carbons (Fsp3) is 0.455. The molecule has 0 bridgehead atoms. The van der Waals surface area contributed by atoms with Gasteiger partial charge >= 0.3 is 0 Å². The molecule has 1 heterocycles. The van der Waals surface area contributed by atoms with Crippen molar-refractivity contribution < 1.29 is 23.2 Å². The Bertz CT molecular complexity index is 585. The van der Waals surface area contributed by atoms with E-state index in [0.717, 1.165) is 12.1 Å². The Morgan fingerprint density at radius 1 is 1.40 bits per heavy atom. The number of aliphatic hydroxyl groups excluding tert-OH is 1. The van der Waals surface area contributed by atoms with Crippen LogP contribution in [0.5, 0.6) is 0 Å². The number of ether oxygens (including phenoxy) is 1. The zero-order chi connectivity index (χ0) is 14.8. The monoisotopic (exact) mass is 302 g/mol. The molecule has 9 heteroatoms. The largest absolute Gasteiger partial charge is 0.394 e. The van der Waals surface area contributed by atoms with Gasteiger partial charge in [0.25, 0.3) is 5.69 Å². The summed E-state index contributed by atoms with van der Waals surface area (Å²) in [4.78, 5) is 9.94. The van der Waals surface area contributed by atoms with Crippen molar-refractivity contribution in [1.82, 2.24) is 4.31 Å². The summed E-state index contributed by atoms with van der Waals surface area (Å²) in [6, 6.07) is 4.71. The van der Waals surface area contributed by atoms with Crippen LogP contribution in [0.15, 0.2) is 29.2 Å². The Kier molecular flexibility index (Phi) is 4.33. The SMILES string of the molecule is O=[N+]([O-])c1ccc(S(=O)(=O)N2CCOC(CO)C2)cc1. The molecule has 0 spiro atoms.